The van der Waals surface area contributed by atoms with E-state index in [1.54, 1.807) is 0 Å². The van der Waals surface area contributed by atoms with E-state index in [0.717, 1.165) is 19.6 Å². The second kappa shape index (κ2) is 18.4. The van der Waals surface area contributed by atoms with Gasteiger partial charge in [0, 0.05) is 35.8 Å². The Kier molecular flexibility index (Phi) is 18.8. The molecule has 0 unspecified atom stereocenters. The van der Waals surface area contributed by atoms with Gasteiger partial charge < -0.3 is 5.73 Å². The van der Waals surface area contributed by atoms with E-state index in [-0.39, 0.29) is 0 Å². The number of unbranched alkanes of at least 4 members (excludes halogenated alkanes) is 13. The number of nitrogens with zero attached hydrogens (tertiary/aromatic N) is 1. The summed E-state index contributed by atoms with van der Waals surface area (Å²) >= 11 is 3.53. The zero-order valence-electron chi connectivity index (χ0n) is 14.4. The molecule has 0 bridgehead atoms. The van der Waals surface area contributed by atoms with Crippen LogP contribution in [0.2, 0.25) is 0 Å². The monoisotopic (exact) mass is 362 g/mol. The third-order valence-electron chi connectivity index (χ3n) is 4.13. The minimum atomic E-state index is 0.740. The minimum absolute atomic E-state index is 0.740. The number of hydrogen-bond donors (Lipinski definition) is 1. The van der Waals surface area contributed by atoms with E-state index in [4.69, 9.17) is 5.73 Å². The lowest BCUT2D eigenvalue weighted by molar-refractivity contribution is 0.462. The van der Waals surface area contributed by atoms with Crippen molar-refractivity contribution in [1.82, 2.24) is 3.93 Å². The predicted octanol–water partition coefficient (Wildman–Crippen LogP) is 6.04. The normalized spacial score (nSPS) is 11.4. The third kappa shape index (κ3) is 18.4. The van der Waals surface area contributed by atoms with Crippen LogP contribution in [0.25, 0.3) is 0 Å². The summed E-state index contributed by atoms with van der Waals surface area (Å²) in [4.78, 5) is 0. The van der Waals surface area contributed by atoms with Gasteiger partial charge in [-0.2, -0.15) is 0 Å². The maximum atomic E-state index is 5.51. The zero-order valence-corrected chi connectivity index (χ0v) is 16.0. The molecule has 0 radical (unpaired) electrons. The third-order valence-corrected chi connectivity index (χ3v) is 4.84. The van der Waals surface area contributed by atoms with Gasteiger partial charge in [0.25, 0.3) is 0 Å². The van der Waals surface area contributed by atoms with Crippen LogP contribution in [0.15, 0.2) is 0 Å². The van der Waals surface area contributed by atoms with Crippen LogP contribution in [0.4, 0.5) is 0 Å². The molecule has 0 aromatic heterocycles. The number of nitrogens with two attached hydrogens (primary N) is 1. The average Bonchev–Trinajstić information content (AvgIpc) is 2.48. The highest BCUT2D eigenvalue weighted by molar-refractivity contribution is 9.07. The summed E-state index contributed by atoms with van der Waals surface area (Å²) in [6.07, 6.45) is 19.9. The molecule has 0 amide bonds. The highest BCUT2D eigenvalue weighted by Gasteiger charge is 1.98. The quantitative estimate of drug-likeness (QED) is 0.252. The molecule has 0 aromatic carbocycles. The molecule has 0 aliphatic heterocycles. The molecule has 0 spiro atoms. The maximum Gasteiger partial charge on any atom is 0.0215 e. The van der Waals surface area contributed by atoms with Gasteiger partial charge in [0.15, 0.2) is 0 Å². The largest absolute Gasteiger partial charge is 0.329 e. The SMILES string of the molecule is CCCCCCCCCCCCCCCCN(Br)CCN. The molecule has 0 aliphatic carbocycles. The molecule has 0 aliphatic rings. The number of rotatable bonds is 17. The van der Waals surface area contributed by atoms with Crippen LogP contribution in [0.3, 0.4) is 0 Å². The molecule has 0 fully saturated rings. The van der Waals surface area contributed by atoms with Gasteiger partial charge in [-0.05, 0) is 6.42 Å². The standard InChI is InChI=1S/C18H39BrN2/c1-2-3-4-5-6-7-8-9-10-11-12-13-14-15-17-21(19)18-16-20/h2-18,20H2,1H3. The minimum Gasteiger partial charge on any atom is -0.329 e. The summed E-state index contributed by atoms with van der Waals surface area (Å²) in [7, 11) is 0. The molecule has 0 heterocycles. The Morgan fingerprint density at radius 1 is 0.619 bits per heavy atom. The average molecular weight is 363 g/mol. The molecule has 128 valence electrons. The van der Waals surface area contributed by atoms with Crippen LogP contribution < -0.4 is 5.73 Å². The first kappa shape index (κ1) is 21.4. The Hall–Kier alpha value is 0.400. The second-order valence-corrected chi connectivity index (χ2v) is 7.30. The van der Waals surface area contributed by atoms with E-state index >= 15 is 0 Å². The van der Waals surface area contributed by atoms with E-state index in [2.05, 4.69) is 27.0 Å². The molecule has 21 heavy (non-hydrogen) atoms. The van der Waals surface area contributed by atoms with E-state index in [9.17, 15) is 0 Å². The molecular weight excluding hydrogens is 324 g/mol. The van der Waals surface area contributed by atoms with Gasteiger partial charge in [-0.1, -0.05) is 90.4 Å². The summed E-state index contributed by atoms with van der Waals surface area (Å²) in [5, 5.41) is 0. The summed E-state index contributed by atoms with van der Waals surface area (Å²) in [6, 6.07) is 0. The van der Waals surface area contributed by atoms with Crippen LogP contribution >= 0.6 is 16.1 Å². The smallest absolute Gasteiger partial charge is 0.0215 e. The summed E-state index contributed by atoms with van der Waals surface area (Å²) in [5.41, 5.74) is 5.51. The first-order valence-electron chi connectivity index (χ1n) is 9.42. The van der Waals surface area contributed by atoms with E-state index in [0.29, 0.717) is 0 Å². The Balaban J connectivity index is 2.99. The van der Waals surface area contributed by atoms with Crippen LogP contribution in [0, 0.1) is 0 Å². The lowest BCUT2D eigenvalue weighted by atomic mass is 10.0. The van der Waals surface area contributed by atoms with Crippen LogP contribution in [-0.4, -0.2) is 23.6 Å². The fourth-order valence-electron chi connectivity index (χ4n) is 2.73. The van der Waals surface area contributed by atoms with Crippen molar-refractivity contribution in [3.63, 3.8) is 0 Å². The first-order chi connectivity index (χ1) is 10.3. The molecule has 0 saturated carbocycles. The molecule has 0 atom stereocenters. The van der Waals surface area contributed by atoms with E-state index in [1.807, 2.05) is 0 Å². The van der Waals surface area contributed by atoms with Crippen LogP contribution in [0.1, 0.15) is 96.8 Å². The van der Waals surface area contributed by atoms with Gasteiger partial charge in [-0.15, -0.1) is 0 Å². The second-order valence-electron chi connectivity index (χ2n) is 6.29. The van der Waals surface area contributed by atoms with Crippen molar-refractivity contribution in [3.8, 4) is 0 Å². The number of halogens is 1. The van der Waals surface area contributed by atoms with Crippen molar-refractivity contribution in [3.05, 3.63) is 0 Å². The first-order valence-corrected chi connectivity index (χ1v) is 10.1. The van der Waals surface area contributed by atoms with Gasteiger partial charge >= 0.3 is 0 Å². The van der Waals surface area contributed by atoms with Gasteiger partial charge in [-0.25, -0.2) is 3.93 Å². The highest BCUT2D eigenvalue weighted by Crippen LogP contribution is 2.13. The topological polar surface area (TPSA) is 29.3 Å². The summed E-state index contributed by atoms with van der Waals surface area (Å²) in [6.45, 7) is 5.12. The lowest BCUT2D eigenvalue weighted by Gasteiger charge is -2.12. The number of hydrogen-bond acceptors (Lipinski definition) is 2. The van der Waals surface area contributed by atoms with E-state index in [1.165, 1.54) is 89.9 Å². The Morgan fingerprint density at radius 3 is 1.38 bits per heavy atom. The molecule has 0 aromatic rings. The zero-order chi connectivity index (χ0) is 15.6. The maximum absolute atomic E-state index is 5.51. The van der Waals surface area contributed by atoms with Crippen LogP contribution in [0.5, 0.6) is 0 Å². The van der Waals surface area contributed by atoms with Gasteiger partial charge in [0.1, 0.15) is 0 Å². The van der Waals surface area contributed by atoms with Crippen molar-refractivity contribution in [1.29, 1.82) is 0 Å². The molecule has 0 saturated heterocycles. The van der Waals surface area contributed by atoms with Crippen molar-refractivity contribution in [2.45, 2.75) is 96.8 Å². The van der Waals surface area contributed by atoms with Gasteiger partial charge in [0.05, 0.1) is 0 Å². The molecule has 2 nitrogen and oxygen atoms in total. The van der Waals surface area contributed by atoms with Gasteiger partial charge in [-0.3, -0.25) is 0 Å². The predicted molar refractivity (Wildman–Crippen MR) is 99.9 cm³/mol. The highest BCUT2D eigenvalue weighted by atomic mass is 79.9. The van der Waals surface area contributed by atoms with Crippen LogP contribution in [-0.2, 0) is 0 Å². The molecule has 3 heteroatoms. The summed E-state index contributed by atoms with van der Waals surface area (Å²) < 4.78 is 2.16. The summed E-state index contributed by atoms with van der Waals surface area (Å²) in [5.74, 6) is 0. The Bertz CT molecular complexity index is 188. The fourth-order valence-corrected chi connectivity index (χ4v) is 3.19. The van der Waals surface area contributed by atoms with Crippen molar-refractivity contribution in [2.75, 3.05) is 19.6 Å². The van der Waals surface area contributed by atoms with E-state index < -0.39 is 0 Å². The lowest BCUT2D eigenvalue weighted by Crippen LogP contribution is -2.21. The molecule has 2 N–H and O–H groups in total. The molecular formula is C18H39BrN2. The fraction of sp³-hybridized carbons (Fsp3) is 1.00. The van der Waals surface area contributed by atoms with Crippen molar-refractivity contribution < 1.29 is 0 Å². The molecule has 0 rings (SSSR count). The van der Waals surface area contributed by atoms with Crippen molar-refractivity contribution >= 4 is 16.1 Å². The Morgan fingerprint density at radius 2 is 1.00 bits per heavy atom. The van der Waals surface area contributed by atoms with Crippen molar-refractivity contribution in [2.24, 2.45) is 5.73 Å². The Labute approximate surface area is 142 Å². The van der Waals surface area contributed by atoms with Gasteiger partial charge in [0.2, 0.25) is 0 Å².